The first-order valence-corrected chi connectivity index (χ1v) is 11.3. The number of morpholine rings is 1. The first-order chi connectivity index (χ1) is 14.6. The molecule has 6 nitrogen and oxygen atoms in total. The van der Waals surface area contributed by atoms with Gasteiger partial charge in [-0.1, -0.05) is 35.6 Å². The molecule has 0 radical (unpaired) electrons. The standard InChI is InChI=1S/C22H25N3O3S2/c1-15-4-5-18-16(12-15)13-17(20(23-18)24-7-10-28-11-8-24)14-19-21(26)25(22(29)30-19)6-3-9-27-2/h4-5,12-14H,3,6-11H2,1-2H3/b19-14-. The molecule has 4 rings (SSSR count). The molecule has 1 amide bonds. The van der Waals surface area contributed by atoms with Crippen LogP contribution in [0.4, 0.5) is 5.82 Å². The molecular formula is C22H25N3O3S2. The van der Waals surface area contributed by atoms with Crippen LogP contribution in [0, 0.1) is 6.92 Å². The van der Waals surface area contributed by atoms with E-state index in [1.54, 1.807) is 12.0 Å². The van der Waals surface area contributed by atoms with E-state index in [-0.39, 0.29) is 5.91 Å². The molecule has 2 aromatic rings. The Labute approximate surface area is 186 Å². The molecule has 2 aliphatic heterocycles. The molecule has 0 bridgehead atoms. The van der Waals surface area contributed by atoms with E-state index in [2.05, 4.69) is 30.0 Å². The maximum Gasteiger partial charge on any atom is 0.266 e. The fourth-order valence-electron chi connectivity index (χ4n) is 3.64. The lowest BCUT2D eigenvalue weighted by Gasteiger charge is -2.29. The van der Waals surface area contributed by atoms with E-state index in [1.807, 2.05) is 12.1 Å². The molecule has 0 atom stereocenters. The van der Waals surface area contributed by atoms with Gasteiger partial charge in [0.1, 0.15) is 10.1 Å². The Balaban J connectivity index is 1.71. The fraction of sp³-hybridized carbons (Fsp3) is 0.409. The lowest BCUT2D eigenvalue weighted by molar-refractivity contribution is -0.122. The van der Waals surface area contributed by atoms with Crippen molar-refractivity contribution in [3.05, 3.63) is 40.3 Å². The van der Waals surface area contributed by atoms with E-state index in [0.29, 0.717) is 35.6 Å². The van der Waals surface area contributed by atoms with Crippen LogP contribution in [0.1, 0.15) is 17.5 Å². The second kappa shape index (κ2) is 9.43. The largest absolute Gasteiger partial charge is 0.385 e. The van der Waals surface area contributed by atoms with Gasteiger partial charge in [-0.05, 0) is 37.6 Å². The summed E-state index contributed by atoms with van der Waals surface area (Å²) >= 11 is 6.81. The lowest BCUT2D eigenvalue weighted by atomic mass is 10.1. The number of amides is 1. The predicted molar refractivity (Wildman–Crippen MR) is 126 cm³/mol. The van der Waals surface area contributed by atoms with Crippen LogP contribution in [-0.4, -0.2) is 66.7 Å². The number of rotatable bonds is 6. The Morgan fingerprint density at radius 2 is 2.10 bits per heavy atom. The summed E-state index contributed by atoms with van der Waals surface area (Å²) in [7, 11) is 1.66. The van der Waals surface area contributed by atoms with Crippen molar-refractivity contribution >= 4 is 57.0 Å². The van der Waals surface area contributed by atoms with Crippen molar-refractivity contribution in [2.45, 2.75) is 13.3 Å². The minimum atomic E-state index is -0.0432. The minimum absolute atomic E-state index is 0.0432. The molecule has 1 aromatic heterocycles. The third kappa shape index (κ3) is 4.51. The zero-order valence-corrected chi connectivity index (χ0v) is 18.9. The van der Waals surface area contributed by atoms with Crippen molar-refractivity contribution in [3.8, 4) is 0 Å². The lowest BCUT2D eigenvalue weighted by Crippen LogP contribution is -2.37. The van der Waals surface area contributed by atoms with Crippen LogP contribution in [0.5, 0.6) is 0 Å². The number of fused-ring (bicyclic) bond motifs is 1. The number of thiocarbonyl (C=S) groups is 1. The summed E-state index contributed by atoms with van der Waals surface area (Å²) in [5.41, 5.74) is 3.07. The quantitative estimate of drug-likeness (QED) is 0.384. The van der Waals surface area contributed by atoms with Gasteiger partial charge in [0, 0.05) is 44.3 Å². The molecule has 1 aromatic carbocycles. The zero-order valence-electron chi connectivity index (χ0n) is 17.2. The number of aromatic nitrogens is 1. The molecule has 0 aliphatic carbocycles. The Kier molecular flexibility index (Phi) is 6.67. The normalized spacial score (nSPS) is 18.8. The van der Waals surface area contributed by atoms with Crippen molar-refractivity contribution in [3.63, 3.8) is 0 Å². The first-order valence-electron chi connectivity index (χ1n) is 10.1. The molecule has 0 saturated carbocycles. The van der Waals surface area contributed by atoms with Gasteiger partial charge in [-0.2, -0.15) is 0 Å². The molecule has 0 N–H and O–H groups in total. The highest BCUT2D eigenvalue weighted by Gasteiger charge is 2.32. The van der Waals surface area contributed by atoms with Crippen molar-refractivity contribution in [2.75, 3.05) is 51.5 Å². The van der Waals surface area contributed by atoms with Crippen LogP contribution in [0.25, 0.3) is 17.0 Å². The summed E-state index contributed by atoms with van der Waals surface area (Å²) < 4.78 is 11.2. The molecule has 0 spiro atoms. The number of carbonyl (C=O) groups excluding carboxylic acids is 1. The van der Waals surface area contributed by atoms with Gasteiger partial charge in [0.2, 0.25) is 0 Å². The minimum Gasteiger partial charge on any atom is -0.385 e. The monoisotopic (exact) mass is 443 g/mol. The highest BCUT2D eigenvalue weighted by atomic mass is 32.2. The summed E-state index contributed by atoms with van der Waals surface area (Å²) in [5.74, 6) is 0.845. The summed E-state index contributed by atoms with van der Waals surface area (Å²) in [6.07, 6.45) is 2.70. The molecule has 0 unspecified atom stereocenters. The van der Waals surface area contributed by atoms with Gasteiger partial charge >= 0.3 is 0 Å². The Morgan fingerprint density at radius 1 is 1.30 bits per heavy atom. The number of thioether (sulfide) groups is 1. The number of methoxy groups -OCH3 is 1. The van der Waals surface area contributed by atoms with Gasteiger partial charge in [0.25, 0.3) is 5.91 Å². The Hall–Kier alpha value is -2.00. The van der Waals surface area contributed by atoms with E-state index in [9.17, 15) is 4.79 Å². The molecule has 2 saturated heterocycles. The van der Waals surface area contributed by atoms with Gasteiger partial charge in [-0.3, -0.25) is 9.69 Å². The van der Waals surface area contributed by atoms with Gasteiger partial charge in [0.15, 0.2) is 0 Å². The molecule has 8 heteroatoms. The number of pyridine rings is 1. The van der Waals surface area contributed by atoms with Gasteiger partial charge in [0.05, 0.1) is 23.6 Å². The van der Waals surface area contributed by atoms with E-state index in [0.717, 1.165) is 41.8 Å². The first kappa shape index (κ1) is 21.2. The van der Waals surface area contributed by atoms with Crippen molar-refractivity contribution in [2.24, 2.45) is 0 Å². The van der Waals surface area contributed by atoms with Crippen LogP contribution in [0.2, 0.25) is 0 Å². The molecule has 158 valence electrons. The zero-order chi connectivity index (χ0) is 21.1. The number of benzene rings is 1. The van der Waals surface area contributed by atoms with Crippen LogP contribution in [0.15, 0.2) is 29.2 Å². The van der Waals surface area contributed by atoms with Gasteiger partial charge < -0.3 is 14.4 Å². The number of ether oxygens (including phenoxy) is 2. The van der Waals surface area contributed by atoms with Gasteiger partial charge in [-0.25, -0.2) is 4.98 Å². The second-order valence-electron chi connectivity index (χ2n) is 7.38. The van der Waals surface area contributed by atoms with Crippen molar-refractivity contribution in [1.29, 1.82) is 0 Å². The molecule has 2 aliphatic rings. The van der Waals surface area contributed by atoms with E-state index >= 15 is 0 Å². The van der Waals surface area contributed by atoms with E-state index in [1.165, 1.54) is 17.3 Å². The maximum absolute atomic E-state index is 13.0. The van der Waals surface area contributed by atoms with E-state index in [4.69, 9.17) is 26.7 Å². The van der Waals surface area contributed by atoms with Crippen LogP contribution in [-0.2, 0) is 14.3 Å². The number of hydrogen-bond acceptors (Lipinski definition) is 7. The average Bonchev–Trinajstić information content (AvgIpc) is 3.01. The SMILES string of the molecule is COCCCN1C(=O)/C(=C/c2cc3cc(C)ccc3nc2N2CCOCC2)SC1=S. The van der Waals surface area contributed by atoms with Crippen LogP contribution >= 0.6 is 24.0 Å². The average molecular weight is 444 g/mol. The highest BCUT2D eigenvalue weighted by Crippen LogP contribution is 2.35. The summed E-state index contributed by atoms with van der Waals surface area (Å²) in [5, 5.41) is 1.06. The number of aryl methyl sites for hydroxylation is 1. The Bertz CT molecular complexity index is 1000. The van der Waals surface area contributed by atoms with Gasteiger partial charge in [-0.15, -0.1) is 0 Å². The number of nitrogens with zero attached hydrogens (tertiary/aromatic N) is 3. The molecule has 3 heterocycles. The maximum atomic E-state index is 13.0. The predicted octanol–water partition coefficient (Wildman–Crippen LogP) is 3.62. The second-order valence-corrected chi connectivity index (χ2v) is 9.05. The van der Waals surface area contributed by atoms with Crippen molar-refractivity contribution in [1.82, 2.24) is 9.88 Å². The number of hydrogen-bond donors (Lipinski definition) is 0. The Morgan fingerprint density at radius 3 is 2.87 bits per heavy atom. The molecule has 30 heavy (non-hydrogen) atoms. The third-order valence-electron chi connectivity index (χ3n) is 5.18. The molecule has 2 fully saturated rings. The fourth-order valence-corrected chi connectivity index (χ4v) is 4.94. The van der Waals surface area contributed by atoms with Crippen LogP contribution < -0.4 is 4.90 Å². The summed E-state index contributed by atoms with van der Waals surface area (Å²) in [6, 6.07) is 8.37. The number of anilines is 1. The highest BCUT2D eigenvalue weighted by molar-refractivity contribution is 8.26. The van der Waals surface area contributed by atoms with Crippen LogP contribution in [0.3, 0.4) is 0 Å². The summed E-state index contributed by atoms with van der Waals surface area (Å²) in [6.45, 7) is 6.16. The smallest absolute Gasteiger partial charge is 0.266 e. The topological polar surface area (TPSA) is 54.9 Å². The number of carbonyl (C=O) groups is 1. The van der Waals surface area contributed by atoms with E-state index < -0.39 is 0 Å². The molecular weight excluding hydrogens is 418 g/mol. The van der Waals surface area contributed by atoms with Crippen molar-refractivity contribution < 1.29 is 14.3 Å². The third-order valence-corrected chi connectivity index (χ3v) is 6.56. The summed E-state index contributed by atoms with van der Waals surface area (Å²) in [4.78, 5) is 22.5.